The zero-order valence-corrected chi connectivity index (χ0v) is 65.0. The van der Waals surface area contributed by atoms with Crippen molar-refractivity contribution in [2.75, 3.05) is 39.6 Å². The van der Waals surface area contributed by atoms with E-state index < -0.39 is 97.5 Å². The van der Waals surface area contributed by atoms with Crippen molar-refractivity contribution in [1.82, 2.24) is 0 Å². The Morgan fingerprint density at radius 2 is 0.559 bits per heavy atom. The predicted octanol–water partition coefficient (Wildman–Crippen LogP) is 22.4. The second-order valence-corrected chi connectivity index (χ2v) is 28.1. The molecule has 3 N–H and O–H groups in total. The number of aliphatic hydroxyl groups is 1. The molecule has 0 aliphatic rings. The van der Waals surface area contributed by atoms with Crippen LogP contribution in [0.1, 0.15) is 285 Å². The summed E-state index contributed by atoms with van der Waals surface area (Å²) in [7, 11) is -10.00. The molecule has 0 aromatic heterocycles. The highest BCUT2D eigenvalue weighted by Crippen LogP contribution is 2.45. The van der Waals surface area contributed by atoms with Crippen LogP contribution in [0.4, 0.5) is 0 Å². The molecule has 5 unspecified atom stereocenters. The fraction of sp³-hybridized carbons (Fsp3) is 0.639. The summed E-state index contributed by atoms with van der Waals surface area (Å²) in [6, 6.07) is 0. The molecular formula is C83H136O17P2. The van der Waals surface area contributed by atoms with Crippen molar-refractivity contribution in [2.24, 2.45) is 0 Å². The van der Waals surface area contributed by atoms with Gasteiger partial charge in [0.1, 0.15) is 19.3 Å². The monoisotopic (exact) mass is 1470 g/mol. The molecule has 580 valence electrons. The van der Waals surface area contributed by atoms with E-state index in [1.807, 2.05) is 30.4 Å². The van der Waals surface area contributed by atoms with E-state index in [1.54, 1.807) is 0 Å². The number of hydrogen-bond donors (Lipinski definition) is 3. The molecule has 0 saturated carbocycles. The first-order valence-corrected chi connectivity index (χ1v) is 41.7. The van der Waals surface area contributed by atoms with Gasteiger partial charge >= 0.3 is 39.5 Å². The molecule has 0 amide bonds. The molecule has 0 aliphatic carbocycles. The second kappa shape index (κ2) is 74.0. The fourth-order valence-corrected chi connectivity index (χ4v) is 11.3. The maximum atomic E-state index is 13.1. The molecule has 0 aliphatic heterocycles. The van der Waals surface area contributed by atoms with E-state index in [9.17, 15) is 43.2 Å². The van der Waals surface area contributed by atoms with Crippen LogP contribution in [0, 0.1) is 0 Å². The molecule has 0 aromatic rings. The summed E-state index contributed by atoms with van der Waals surface area (Å²) >= 11 is 0. The Kier molecular flexibility index (Phi) is 70.1. The van der Waals surface area contributed by atoms with E-state index in [0.717, 1.165) is 141 Å². The molecule has 0 aromatic carbocycles. The number of ether oxygens (including phenoxy) is 4. The number of phosphoric ester groups is 2. The Labute approximate surface area is 617 Å². The number of aliphatic hydroxyl groups excluding tert-OH is 1. The molecule has 0 rings (SSSR count). The summed E-state index contributed by atoms with van der Waals surface area (Å²) in [6.07, 6.45) is 85.4. The number of unbranched alkanes of at least 4 members (excludes halogenated alkanes) is 19. The van der Waals surface area contributed by atoms with Gasteiger partial charge in [0, 0.05) is 25.7 Å². The number of phosphoric acid groups is 2. The van der Waals surface area contributed by atoms with E-state index in [0.29, 0.717) is 38.5 Å². The minimum Gasteiger partial charge on any atom is -0.462 e. The normalized spacial score (nSPS) is 14.8. The van der Waals surface area contributed by atoms with Crippen molar-refractivity contribution in [3.05, 3.63) is 158 Å². The van der Waals surface area contributed by atoms with Crippen LogP contribution < -0.4 is 0 Å². The van der Waals surface area contributed by atoms with Gasteiger partial charge in [-0.1, -0.05) is 288 Å². The minimum atomic E-state index is -5.00. The minimum absolute atomic E-state index is 0.0323. The number of rotatable bonds is 71. The van der Waals surface area contributed by atoms with E-state index in [1.165, 1.54) is 51.4 Å². The summed E-state index contributed by atoms with van der Waals surface area (Å²) in [5.74, 6) is -2.36. The van der Waals surface area contributed by atoms with Crippen molar-refractivity contribution in [1.29, 1.82) is 0 Å². The van der Waals surface area contributed by atoms with Crippen molar-refractivity contribution in [3.63, 3.8) is 0 Å². The van der Waals surface area contributed by atoms with Crippen molar-refractivity contribution in [3.8, 4) is 0 Å². The van der Waals surface area contributed by atoms with Crippen molar-refractivity contribution >= 4 is 39.5 Å². The van der Waals surface area contributed by atoms with Gasteiger partial charge in [0.15, 0.2) is 12.2 Å². The van der Waals surface area contributed by atoms with Gasteiger partial charge in [-0.2, -0.15) is 0 Å². The molecule has 0 heterocycles. The average Bonchev–Trinajstić information content (AvgIpc) is 0.909. The first-order valence-electron chi connectivity index (χ1n) is 38.7. The number of carbonyl (C=O) groups excluding carboxylic acids is 4. The number of hydrogen-bond acceptors (Lipinski definition) is 15. The molecule has 0 fully saturated rings. The van der Waals surface area contributed by atoms with Crippen LogP contribution in [0.15, 0.2) is 158 Å². The Bertz CT molecular complexity index is 2550. The highest BCUT2D eigenvalue weighted by molar-refractivity contribution is 7.47. The van der Waals surface area contributed by atoms with Gasteiger partial charge in [0.25, 0.3) is 0 Å². The molecule has 17 nitrogen and oxygen atoms in total. The summed E-state index contributed by atoms with van der Waals surface area (Å²) < 4.78 is 68.3. The average molecular weight is 1470 g/mol. The van der Waals surface area contributed by atoms with E-state index >= 15 is 0 Å². The maximum Gasteiger partial charge on any atom is 0.472 e. The lowest BCUT2D eigenvalue weighted by Gasteiger charge is -2.21. The Hall–Kier alpha value is -5.32. The third-order valence-electron chi connectivity index (χ3n) is 15.5. The number of allylic oxidation sites excluding steroid dienone is 26. The molecule has 0 bridgehead atoms. The lowest BCUT2D eigenvalue weighted by molar-refractivity contribution is -0.161. The molecule has 0 radical (unpaired) electrons. The molecule has 19 heteroatoms. The van der Waals surface area contributed by atoms with Crippen LogP contribution in [0.25, 0.3) is 0 Å². The zero-order chi connectivity index (χ0) is 74.6. The van der Waals surface area contributed by atoms with E-state index in [4.69, 9.17) is 37.0 Å². The maximum absolute atomic E-state index is 13.1. The Morgan fingerprint density at radius 3 is 0.912 bits per heavy atom. The quantitative estimate of drug-likeness (QED) is 0.0169. The number of carbonyl (C=O) groups is 4. The lowest BCUT2D eigenvalue weighted by Crippen LogP contribution is -2.30. The highest BCUT2D eigenvalue weighted by atomic mass is 31.2. The zero-order valence-electron chi connectivity index (χ0n) is 63.2. The van der Waals surface area contributed by atoms with Crippen LogP contribution >= 0.6 is 15.6 Å². The first kappa shape index (κ1) is 96.7. The van der Waals surface area contributed by atoms with Crippen molar-refractivity contribution in [2.45, 2.75) is 303 Å². The molecule has 0 spiro atoms. The summed E-state index contributed by atoms with van der Waals surface area (Å²) in [4.78, 5) is 72.8. The third-order valence-corrected chi connectivity index (χ3v) is 17.4. The standard InChI is InChI=1S/C83H136O17P2/c1-5-9-13-17-21-25-29-33-35-37-38-40-42-46-48-52-56-60-64-68-81(86)94-74-79(100-83(88)70-66-62-58-54-50-44-32-28-24-20-16-12-8-4)76-98-102(91,92)96-72-77(84)71-95-101(89,90)97-75-78(99-82(87)69-65-61-57-53-49-43-31-27-23-19-15-11-7-3)73-93-80(85)67-63-59-55-51-47-45-41-39-36-34-30-26-22-18-14-10-6-2/h9-10,13-15,19,21-22,25-27,31,33-36,38,40-41,45-46,48,51,55-56,60,77-79,84H,5-8,11-12,16-18,20,23-24,28-30,32,37,39,42-44,47,49-50,52-54,57-59,61-76H2,1-4H3,(H,89,90)(H,91,92)/b13-9-,14-10-,19-15-,25-21-,26-22-,31-27-,35-33-,36-34-,40-38-,45-41-,48-46-,55-51-,60-56-. The molecule has 102 heavy (non-hydrogen) atoms. The van der Waals surface area contributed by atoms with Gasteiger partial charge in [0.05, 0.1) is 26.4 Å². The van der Waals surface area contributed by atoms with Gasteiger partial charge in [0.2, 0.25) is 0 Å². The largest absolute Gasteiger partial charge is 0.472 e. The third kappa shape index (κ3) is 73.0. The second-order valence-electron chi connectivity index (χ2n) is 25.2. The van der Waals surface area contributed by atoms with Gasteiger partial charge < -0.3 is 33.8 Å². The van der Waals surface area contributed by atoms with Crippen LogP contribution in [0.5, 0.6) is 0 Å². The van der Waals surface area contributed by atoms with Crippen LogP contribution in [-0.2, 0) is 65.4 Å². The first-order chi connectivity index (χ1) is 49.7. The topological polar surface area (TPSA) is 237 Å². The van der Waals surface area contributed by atoms with Gasteiger partial charge in [-0.3, -0.25) is 37.3 Å². The van der Waals surface area contributed by atoms with E-state index in [-0.39, 0.29) is 25.7 Å². The van der Waals surface area contributed by atoms with Gasteiger partial charge in [-0.05, 0) is 128 Å². The van der Waals surface area contributed by atoms with Crippen LogP contribution in [-0.4, -0.2) is 96.7 Å². The van der Waals surface area contributed by atoms with Crippen LogP contribution in [0.3, 0.4) is 0 Å². The molecule has 0 saturated heterocycles. The molecular weight excluding hydrogens is 1330 g/mol. The molecule has 5 atom stereocenters. The summed E-state index contributed by atoms with van der Waals surface area (Å²) in [5.41, 5.74) is 0. The summed E-state index contributed by atoms with van der Waals surface area (Å²) in [6.45, 7) is 4.40. The Morgan fingerprint density at radius 1 is 0.284 bits per heavy atom. The van der Waals surface area contributed by atoms with Gasteiger partial charge in [-0.25, -0.2) is 9.13 Å². The highest BCUT2D eigenvalue weighted by Gasteiger charge is 2.30. The predicted molar refractivity (Wildman–Crippen MR) is 417 cm³/mol. The van der Waals surface area contributed by atoms with Crippen molar-refractivity contribution < 1.29 is 80.2 Å². The lowest BCUT2D eigenvalue weighted by atomic mass is 10.0. The summed E-state index contributed by atoms with van der Waals surface area (Å²) in [5, 5.41) is 10.6. The SMILES string of the molecule is CC/C=C\C/C=C\C/C=C\C/C=C\C/C=C\C/C=C\CCC(=O)OCC(COP(=O)(O)OCC(O)COP(=O)(O)OCC(COC(=O)CCC/C=C\C/C=C\C/C=C\C/C=C\C/C=C\CC)OC(=O)CCCCCCC/C=C\C/C=C\CCC)OC(=O)CCCCCCCCCCCCCCC. The Balaban J connectivity index is 5.46. The van der Waals surface area contributed by atoms with Gasteiger partial charge in [-0.15, -0.1) is 0 Å². The fourth-order valence-electron chi connectivity index (χ4n) is 9.67. The van der Waals surface area contributed by atoms with Crippen LogP contribution in [0.2, 0.25) is 0 Å². The number of esters is 4. The smallest absolute Gasteiger partial charge is 0.462 e. The van der Waals surface area contributed by atoms with E-state index in [2.05, 4.69) is 155 Å².